The molecule has 1 aromatic rings. The Balaban J connectivity index is 0.00000324. The van der Waals surface area contributed by atoms with Gasteiger partial charge in [0.2, 0.25) is 0 Å². The van der Waals surface area contributed by atoms with Crippen molar-refractivity contribution in [1.29, 1.82) is 0 Å². The van der Waals surface area contributed by atoms with Gasteiger partial charge in [-0.1, -0.05) is 12.1 Å². The van der Waals surface area contributed by atoms with Gasteiger partial charge in [0.25, 0.3) is 0 Å². The second-order valence-corrected chi connectivity index (χ2v) is 4.56. The van der Waals surface area contributed by atoms with Crippen LogP contribution in [0.15, 0.2) is 24.3 Å². The smallest absolute Gasteiger partial charge is 0.303 e. The number of aliphatic carboxylic acids is 1. The maximum Gasteiger partial charge on any atom is 0.303 e. The molecule has 0 amide bonds. The van der Waals surface area contributed by atoms with Crippen LogP contribution >= 0.6 is 12.4 Å². The highest BCUT2D eigenvalue weighted by Crippen LogP contribution is 2.19. The lowest BCUT2D eigenvalue weighted by Crippen LogP contribution is -2.23. The topological polar surface area (TPSA) is 40.5 Å². The normalized spacial score (nSPS) is 12.0. The standard InChI is InChI=1S/C14H20FNO2.ClH/c1-11(12-6-8-13(15)9-7-12)16(2)10-4-3-5-14(17)18;/h6-9,11H,3-5,10H2,1-2H3,(H,17,18);1H. The first-order chi connectivity index (χ1) is 8.50. The van der Waals surface area contributed by atoms with Crippen LogP contribution in [0.25, 0.3) is 0 Å². The van der Waals surface area contributed by atoms with Crippen LogP contribution in [0.3, 0.4) is 0 Å². The molecule has 0 heterocycles. The molecule has 0 spiro atoms. The molecule has 5 heteroatoms. The van der Waals surface area contributed by atoms with Crippen LogP contribution in [0, 0.1) is 5.82 Å². The third kappa shape index (κ3) is 6.55. The van der Waals surface area contributed by atoms with Gasteiger partial charge >= 0.3 is 5.97 Å². The van der Waals surface area contributed by atoms with Gasteiger partial charge in [-0.15, -0.1) is 12.4 Å². The Morgan fingerprint density at radius 3 is 2.42 bits per heavy atom. The molecule has 0 bridgehead atoms. The van der Waals surface area contributed by atoms with Crippen molar-refractivity contribution in [1.82, 2.24) is 4.90 Å². The molecule has 1 atom stereocenters. The molecule has 0 aliphatic rings. The van der Waals surface area contributed by atoms with E-state index >= 15 is 0 Å². The number of carbonyl (C=O) groups is 1. The Morgan fingerprint density at radius 1 is 1.32 bits per heavy atom. The van der Waals surface area contributed by atoms with Gasteiger partial charge in [-0.2, -0.15) is 0 Å². The van der Waals surface area contributed by atoms with Crippen molar-refractivity contribution >= 4 is 18.4 Å². The fraction of sp³-hybridized carbons (Fsp3) is 0.500. The van der Waals surface area contributed by atoms with Gasteiger partial charge in [-0.3, -0.25) is 9.69 Å². The van der Waals surface area contributed by atoms with Crippen molar-refractivity contribution in [3.05, 3.63) is 35.6 Å². The van der Waals surface area contributed by atoms with E-state index in [4.69, 9.17) is 5.11 Å². The first-order valence-electron chi connectivity index (χ1n) is 6.18. The van der Waals surface area contributed by atoms with Crippen LogP contribution < -0.4 is 0 Å². The lowest BCUT2D eigenvalue weighted by molar-refractivity contribution is -0.137. The van der Waals surface area contributed by atoms with Gasteiger partial charge in [0.15, 0.2) is 0 Å². The molecular formula is C14H21ClFNO2. The average molecular weight is 290 g/mol. The maximum atomic E-state index is 12.8. The first kappa shape index (κ1) is 17.9. The number of carboxylic acids is 1. The molecule has 0 saturated carbocycles. The number of benzene rings is 1. The van der Waals surface area contributed by atoms with Crippen LogP contribution in [-0.4, -0.2) is 29.6 Å². The second kappa shape index (κ2) is 8.88. The second-order valence-electron chi connectivity index (χ2n) is 4.56. The molecule has 19 heavy (non-hydrogen) atoms. The summed E-state index contributed by atoms with van der Waals surface area (Å²) >= 11 is 0. The SMILES string of the molecule is CC(c1ccc(F)cc1)N(C)CCCCC(=O)O.Cl. The molecule has 0 radical (unpaired) electrons. The Labute approximate surface area is 119 Å². The van der Waals surface area contributed by atoms with Gasteiger partial charge in [0.05, 0.1) is 0 Å². The zero-order chi connectivity index (χ0) is 13.5. The fourth-order valence-electron chi connectivity index (χ4n) is 1.83. The summed E-state index contributed by atoms with van der Waals surface area (Å²) in [5.74, 6) is -0.973. The van der Waals surface area contributed by atoms with E-state index in [2.05, 4.69) is 11.8 Å². The molecule has 1 rings (SSSR count). The average Bonchev–Trinajstić information content (AvgIpc) is 2.34. The van der Waals surface area contributed by atoms with Gasteiger partial charge in [-0.05, 0) is 51.1 Å². The number of hydrogen-bond acceptors (Lipinski definition) is 2. The Bertz CT molecular complexity index is 384. The molecule has 1 N–H and O–H groups in total. The predicted octanol–water partition coefficient (Wildman–Crippen LogP) is 3.50. The third-order valence-corrected chi connectivity index (χ3v) is 3.17. The van der Waals surface area contributed by atoms with Crippen LogP contribution in [0.5, 0.6) is 0 Å². The van der Waals surface area contributed by atoms with E-state index in [1.54, 1.807) is 12.1 Å². The van der Waals surface area contributed by atoms with E-state index in [0.717, 1.165) is 18.5 Å². The number of rotatable bonds is 7. The van der Waals surface area contributed by atoms with Gasteiger partial charge < -0.3 is 5.11 Å². The largest absolute Gasteiger partial charge is 0.481 e. The molecule has 1 aromatic carbocycles. The van der Waals surface area contributed by atoms with Crippen molar-refractivity contribution < 1.29 is 14.3 Å². The fourth-order valence-corrected chi connectivity index (χ4v) is 1.83. The van der Waals surface area contributed by atoms with E-state index in [0.29, 0.717) is 6.42 Å². The molecule has 0 aliphatic heterocycles. The van der Waals surface area contributed by atoms with E-state index in [-0.39, 0.29) is 30.7 Å². The summed E-state index contributed by atoms with van der Waals surface area (Å²) < 4.78 is 12.8. The lowest BCUT2D eigenvalue weighted by Gasteiger charge is -2.25. The lowest BCUT2D eigenvalue weighted by atomic mass is 10.1. The summed E-state index contributed by atoms with van der Waals surface area (Å²) in [5.41, 5.74) is 1.07. The van der Waals surface area contributed by atoms with E-state index in [9.17, 15) is 9.18 Å². The molecule has 0 aliphatic carbocycles. The quantitative estimate of drug-likeness (QED) is 0.781. The summed E-state index contributed by atoms with van der Waals surface area (Å²) in [7, 11) is 1.99. The van der Waals surface area contributed by atoms with E-state index in [1.165, 1.54) is 12.1 Å². The molecule has 0 saturated heterocycles. The Kier molecular flexibility index (Phi) is 8.35. The summed E-state index contributed by atoms with van der Waals surface area (Å²) in [6, 6.07) is 6.70. The van der Waals surface area contributed by atoms with Gasteiger partial charge in [0, 0.05) is 12.5 Å². The van der Waals surface area contributed by atoms with Crippen LogP contribution in [0.2, 0.25) is 0 Å². The molecule has 108 valence electrons. The molecule has 0 aromatic heterocycles. The number of nitrogens with zero attached hydrogens (tertiary/aromatic N) is 1. The zero-order valence-electron chi connectivity index (χ0n) is 11.3. The highest BCUT2D eigenvalue weighted by atomic mass is 35.5. The van der Waals surface area contributed by atoms with Crippen molar-refractivity contribution in [2.24, 2.45) is 0 Å². The predicted molar refractivity (Wildman–Crippen MR) is 76.2 cm³/mol. The summed E-state index contributed by atoms with van der Waals surface area (Å²) in [6.45, 7) is 2.90. The highest BCUT2D eigenvalue weighted by molar-refractivity contribution is 5.85. The minimum Gasteiger partial charge on any atom is -0.481 e. The van der Waals surface area contributed by atoms with E-state index in [1.807, 2.05) is 7.05 Å². The summed E-state index contributed by atoms with van der Waals surface area (Å²) in [4.78, 5) is 12.5. The van der Waals surface area contributed by atoms with Crippen LogP contribution in [0.1, 0.15) is 37.8 Å². The number of unbranched alkanes of at least 4 members (excludes halogenated alkanes) is 1. The van der Waals surface area contributed by atoms with E-state index < -0.39 is 5.97 Å². The molecule has 3 nitrogen and oxygen atoms in total. The zero-order valence-corrected chi connectivity index (χ0v) is 12.1. The maximum absolute atomic E-state index is 12.8. The van der Waals surface area contributed by atoms with Crippen molar-refractivity contribution in [2.45, 2.75) is 32.2 Å². The molecule has 0 fully saturated rings. The monoisotopic (exact) mass is 289 g/mol. The third-order valence-electron chi connectivity index (χ3n) is 3.17. The summed E-state index contributed by atoms with van der Waals surface area (Å²) in [5, 5.41) is 8.54. The Morgan fingerprint density at radius 2 is 1.89 bits per heavy atom. The molecule has 1 unspecified atom stereocenters. The van der Waals surface area contributed by atoms with Crippen LogP contribution in [-0.2, 0) is 4.79 Å². The number of halogens is 2. The minimum atomic E-state index is -0.746. The van der Waals surface area contributed by atoms with Gasteiger partial charge in [0.1, 0.15) is 5.82 Å². The highest BCUT2D eigenvalue weighted by Gasteiger charge is 2.11. The number of carboxylic acid groups (broad SMARTS) is 1. The summed E-state index contributed by atoms with van der Waals surface area (Å²) in [6.07, 6.45) is 1.77. The molecular weight excluding hydrogens is 269 g/mol. The van der Waals surface area contributed by atoms with Crippen molar-refractivity contribution in [3.8, 4) is 0 Å². The Hall–Kier alpha value is -1.13. The number of hydrogen-bond donors (Lipinski definition) is 1. The van der Waals surface area contributed by atoms with Crippen molar-refractivity contribution in [2.75, 3.05) is 13.6 Å². The first-order valence-corrected chi connectivity index (χ1v) is 6.18. The minimum absolute atomic E-state index is 0. The van der Waals surface area contributed by atoms with Crippen molar-refractivity contribution in [3.63, 3.8) is 0 Å². The van der Waals surface area contributed by atoms with Gasteiger partial charge in [-0.25, -0.2) is 4.39 Å². The van der Waals surface area contributed by atoms with Crippen LogP contribution in [0.4, 0.5) is 4.39 Å².